The van der Waals surface area contributed by atoms with Crippen molar-refractivity contribution < 1.29 is 9.59 Å². The number of para-hydroxylation sites is 1. The number of benzene rings is 1. The Morgan fingerprint density at radius 3 is 2.52 bits per heavy atom. The van der Waals surface area contributed by atoms with Crippen LogP contribution in [0.15, 0.2) is 48.7 Å². The van der Waals surface area contributed by atoms with Crippen LogP contribution in [0.3, 0.4) is 0 Å². The standard InChI is InChI=1S/C17H14N4O2/c18-10-14-7-6-13(11-19-14)17(23)20-8-9-21(16(22)12-20)15-4-2-1-3-5-15/h1-7,11H,8-9,12H2. The number of aromatic nitrogens is 1. The SMILES string of the molecule is N#Cc1ccc(C(=O)N2CCN(c3ccccc3)C(=O)C2)cn1. The van der Waals surface area contributed by atoms with Crippen molar-refractivity contribution in [1.82, 2.24) is 9.88 Å². The Morgan fingerprint density at radius 2 is 1.91 bits per heavy atom. The Hall–Kier alpha value is -3.20. The zero-order valence-electron chi connectivity index (χ0n) is 12.3. The smallest absolute Gasteiger partial charge is 0.255 e. The van der Waals surface area contributed by atoms with Gasteiger partial charge < -0.3 is 9.80 Å². The summed E-state index contributed by atoms with van der Waals surface area (Å²) >= 11 is 0. The molecule has 6 heteroatoms. The molecule has 114 valence electrons. The van der Waals surface area contributed by atoms with E-state index >= 15 is 0 Å². The van der Waals surface area contributed by atoms with E-state index in [1.54, 1.807) is 11.0 Å². The normalized spacial score (nSPS) is 14.5. The monoisotopic (exact) mass is 306 g/mol. The molecule has 3 rings (SSSR count). The fourth-order valence-electron chi connectivity index (χ4n) is 2.50. The van der Waals surface area contributed by atoms with E-state index in [2.05, 4.69) is 4.98 Å². The molecule has 0 unspecified atom stereocenters. The van der Waals surface area contributed by atoms with E-state index < -0.39 is 0 Å². The highest BCUT2D eigenvalue weighted by atomic mass is 16.2. The van der Waals surface area contributed by atoms with Gasteiger partial charge in [0.25, 0.3) is 5.91 Å². The molecule has 2 aromatic rings. The van der Waals surface area contributed by atoms with Crippen LogP contribution in [-0.2, 0) is 4.79 Å². The average molecular weight is 306 g/mol. The summed E-state index contributed by atoms with van der Waals surface area (Å²) in [5.74, 6) is -0.361. The molecule has 6 nitrogen and oxygen atoms in total. The Kier molecular flexibility index (Phi) is 4.02. The number of amides is 2. The van der Waals surface area contributed by atoms with Crippen molar-refractivity contribution in [3.63, 3.8) is 0 Å². The molecule has 23 heavy (non-hydrogen) atoms. The lowest BCUT2D eigenvalue weighted by Crippen LogP contribution is -2.52. The van der Waals surface area contributed by atoms with Crippen LogP contribution in [-0.4, -0.2) is 41.3 Å². The maximum absolute atomic E-state index is 12.4. The van der Waals surface area contributed by atoms with Crippen LogP contribution in [0.4, 0.5) is 5.69 Å². The predicted molar refractivity (Wildman–Crippen MR) is 83.7 cm³/mol. The molecule has 1 aromatic carbocycles. The molecule has 2 amide bonds. The Bertz CT molecular complexity index is 765. The average Bonchev–Trinajstić information content (AvgIpc) is 2.62. The second kappa shape index (κ2) is 6.28. The molecule has 1 saturated heterocycles. The highest BCUT2D eigenvalue weighted by Crippen LogP contribution is 2.17. The van der Waals surface area contributed by atoms with E-state index in [0.29, 0.717) is 18.7 Å². The Morgan fingerprint density at radius 1 is 1.13 bits per heavy atom. The Balaban J connectivity index is 1.71. The number of anilines is 1. The lowest BCUT2D eigenvalue weighted by molar-refractivity contribution is -0.120. The lowest BCUT2D eigenvalue weighted by atomic mass is 10.2. The third-order valence-electron chi connectivity index (χ3n) is 3.70. The van der Waals surface area contributed by atoms with E-state index in [1.807, 2.05) is 36.4 Å². The zero-order valence-corrected chi connectivity index (χ0v) is 12.3. The van der Waals surface area contributed by atoms with Gasteiger partial charge >= 0.3 is 0 Å². The van der Waals surface area contributed by atoms with Crippen LogP contribution in [0.2, 0.25) is 0 Å². The van der Waals surface area contributed by atoms with Crippen molar-refractivity contribution in [2.45, 2.75) is 0 Å². The molecule has 0 spiro atoms. The van der Waals surface area contributed by atoms with Crippen LogP contribution >= 0.6 is 0 Å². The van der Waals surface area contributed by atoms with Gasteiger partial charge in [0.2, 0.25) is 5.91 Å². The molecular weight excluding hydrogens is 292 g/mol. The van der Waals surface area contributed by atoms with Crippen molar-refractivity contribution in [1.29, 1.82) is 5.26 Å². The predicted octanol–water partition coefficient (Wildman–Crippen LogP) is 1.44. The first-order valence-electron chi connectivity index (χ1n) is 7.20. The largest absolute Gasteiger partial charge is 0.327 e. The van der Waals surface area contributed by atoms with E-state index in [4.69, 9.17) is 5.26 Å². The molecule has 2 heterocycles. The first-order valence-corrected chi connectivity index (χ1v) is 7.20. The summed E-state index contributed by atoms with van der Waals surface area (Å²) in [6.07, 6.45) is 1.37. The van der Waals surface area contributed by atoms with Gasteiger partial charge in [-0.2, -0.15) is 5.26 Å². The number of hydrogen-bond acceptors (Lipinski definition) is 4. The first kappa shape index (κ1) is 14.7. The minimum atomic E-state index is -0.247. The molecule has 0 atom stereocenters. The first-order chi connectivity index (χ1) is 11.2. The molecule has 1 aliphatic rings. The number of nitriles is 1. The van der Waals surface area contributed by atoms with Crippen molar-refractivity contribution >= 4 is 17.5 Å². The summed E-state index contributed by atoms with van der Waals surface area (Å²) in [6.45, 7) is 0.950. The molecular formula is C17H14N4O2. The van der Waals surface area contributed by atoms with Crippen molar-refractivity contribution in [2.75, 3.05) is 24.5 Å². The van der Waals surface area contributed by atoms with Crippen LogP contribution in [0, 0.1) is 11.3 Å². The van der Waals surface area contributed by atoms with Gasteiger partial charge in [-0.15, -0.1) is 0 Å². The maximum Gasteiger partial charge on any atom is 0.255 e. The quantitative estimate of drug-likeness (QED) is 0.841. The van der Waals surface area contributed by atoms with Gasteiger partial charge in [-0.05, 0) is 24.3 Å². The van der Waals surface area contributed by atoms with Crippen molar-refractivity contribution in [2.24, 2.45) is 0 Å². The van der Waals surface area contributed by atoms with Gasteiger partial charge in [-0.1, -0.05) is 18.2 Å². The number of rotatable bonds is 2. The third kappa shape index (κ3) is 3.04. The third-order valence-corrected chi connectivity index (χ3v) is 3.70. The molecule has 0 saturated carbocycles. The van der Waals surface area contributed by atoms with E-state index in [-0.39, 0.29) is 24.1 Å². The van der Waals surface area contributed by atoms with Gasteiger partial charge in [0, 0.05) is 25.0 Å². The van der Waals surface area contributed by atoms with E-state index in [9.17, 15) is 9.59 Å². The summed E-state index contributed by atoms with van der Waals surface area (Å²) in [4.78, 5) is 31.8. The topological polar surface area (TPSA) is 77.3 Å². The second-order valence-corrected chi connectivity index (χ2v) is 5.15. The molecule has 1 aliphatic heterocycles. The van der Waals surface area contributed by atoms with E-state index in [1.165, 1.54) is 17.2 Å². The molecule has 0 N–H and O–H groups in total. The summed E-state index contributed by atoms with van der Waals surface area (Å²) < 4.78 is 0. The molecule has 1 fully saturated rings. The second-order valence-electron chi connectivity index (χ2n) is 5.15. The Labute approximate surface area is 133 Å². The number of piperazine rings is 1. The van der Waals surface area contributed by atoms with Gasteiger partial charge in [0.1, 0.15) is 18.3 Å². The van der Waals surface area contributed by atoms with Gasteiger partial charge in [0.05, 0.1) is 5.56 Å². The molecule has 0 radical (unpaired) electrons. The minimum Gasteiger partial charge on any atom is -0.327 e. The minimum absolute atomic E-state index is 0.0354. The molecule has 0 aliphatic carbocycles. The lowest BCUT2D eigenvalue weighted by Gasteiger charge is -2.34. The van der Waals surface area contributed by atoms with Crippen LogP contribution in [0.5, 0.6) is 0 Å². The summed E-state index contributed by atoms with van der Waals surface area (Å²) in [7, 11) is 0. The number of carbonyl (C=O) groups excluding carboxylic acids is 2. The van der Waals surface area contributed by atoms with Gasteiger partial charge in [-0.3, -0.25) is 9.59 Å². The fourth-order valence-corrected chi connectivity index (χ4v) is 2.50. The zero-order chi connectivity index (χ0) is 16.2. The van der Waals surface area contributed by atoms with Crippen molar-refractivity contribution in [3.8, 4) is 6.07 Å². The fraction of sp³-hybridized carbons (Fsp3) is 0.176. The van der Waals surface area contributed by atoms with Crippen LogP contribution in [0.25, 0.3) is 0 Å². The number of nitrogens with zero attached hydrogens (tertiary/aromatic N) is 4. The van der Waals surface area contributed by atoms with Crippen LogP contribution < -0.4 is 4.90 Å². The van der Waals surface area contributed by atoms with Crippen molar-refractivity contribution in [3.05, 3.63) is 59.9 Å². The molecule has 1 aromatic heterocycles. The highest BCUT2D eigenvalue weighted by molar-refractivity contribution is 6.01. The summed E-state index contributed by atoms with van der Waals surface area (Å²) in [6, 6.07) is 14.4. The molecule has 0 bridgehead atoms. The summed E-state index contributed by atoms with van der Waals surface area (Å²) in [5.41, 5.74) is 1.47. The number of hydrogen-bond donors (Lipinski definition) is 0. The van der Waals surface area contributed by atoms with Crippen LogP contribution in [0.1, 0.15) is 16.1 Å². The van der Waals surface area contributed by atoms with Gasteiger partial charge in [0.15, 0.2) is 0 Å². The highest BCUT2D eigenvalue weighted by Gasteiger charge is 2.28. The maximum atomic E-state index is 12.4. The summed E-state index contributed by atoms with van der Waals surface area (Å²) in [5, 5.41) is 8.73. The number of carbonyl (C=O) groups is 2. The van der Waals surface area contributed by atoms with Gasteiger partial charge in [-0.25, -0.2) is 4.98 Å². The van der Waals surface area contributed by atoms with E-state index in [0.717, 1.165) is 5.69 Å². The number of pyridine rings is 1.